The van der Waals surface area contributed by atoms with Crippen LogP contribution in [0, 0.1) is 18.7 Å². The Bertz CT molecular complexity index is 659. The Morgan fingerprint density at radius 1 is 1.32 bits per heavy atom. The topological polar surface area (TPSA) is 46.9 Å². The van der Waals surface area contributed by atoms with E-state index in [1.807, 2.05) is 13.8 Å². The molecule has 0 aliphatic carbocycles. The van der Waals surface area contributed by atoms with Crippen molar-refractivity contribution in [1.82, 2.24) is 15.1 Å². The lowest BCUT2D eigenvalue weighted by atomic mass is 10.1. The minimum Gasteiger partial charge on any atom is -0.352 e. The zero-order chi connectivity index (χ0) is 16.3. The van der Waals surface area contributed by atoms with E-state index in [9.17, 15) is 9.18 Å². The van der Waals surface area contributed by atoms with Gasteiger partial charge in [0.1, 0.15) is 5.82 Å². The predicted octanol–water partition coefficient (Wildman–Crippen LogP) is 3.27. The summed E-state index contributed by atoms with van der Waals surface area (Å²) in [7, 11) is 0. The van der Waals surface area contributed by atoms with Gasteiger partial charge in [0.25, 0.3) is 5.91 Å². The van der Waals surface area contributed by atoms with Gasteiger partial charge in [0.2, 0.25) is 0 Å². The van der Waals surface area contributed by atoms with E-state index in [4.69, 9.17) is 0 Å². The van der Waals surface area contributed by atoms with Crippen LogP contribution in [0.4, 0.5) is 4.39 Å². The van der Waals surface area contributed by atoms with Crippen molar-refractivity contribution in [2.75, 3.05) is 6.54 Å². The second-order valence-electron chi connectivity index (χ2n) is 5.75. The maximum atomic E-state index is 13.1. The van der Waals surface area contributed by atoms with Gasteiger partial charge in [-0.25, -0.2) is 9.07 Å². The van der Waals surface area contributed by atoms with Gasteiger partial charge in [-0.05, 0) is 43.5 Å². The zero-order valence-corrected chi connectivity index (χ0v) is 13.5. The molecule has 1 aromatic carbocycles. The Kier molecular flexibility index (Phi) is 4.96. The smallest absolute Gasteiger partial charge is 0.255 e. The van der Waals surface area contributed by atoms with E-state index in [2.05, 4.69) is 24.3 Å². The molecule has 4 nitrogen and oxygen atoms in total. The SMILES string of the molecule is CCc1c(C(=O)NCC(C)C)c(C)nn1-c1ccc(F)cc1. The third-order valence-electron chi connectivity index (χ3n) is 3.46. The van der Waals surface area contributed by atoms with E-state index in [0.717, 1.165) is 11.4 Å². The third kappa shape index (κ3) is 3.35. The first-order valence-corrected chi connectivity index (χ1v) is 7.56. The molecule has 1 amide bonds. The predicted molar refractivity (Wildman–Crippen MR) is 84.8 cm³/mol. The lowest BCUT2D eigenvalue weighted by Crippen LogP contribution is -2.28. The van der Waals surface area contributed by atoms with Crippen LogP contribution in [0.3, 0.4) is 0 Å². The molecule has 0 aliphatic heterocycles. The standard InChI is InChI=1S/C17H22FN3O/c1-5-15-16(17(22)19-10-11(2)3)12(4)20-21(15)14-8-6-13(18)7-9-14/h6-9,11H,5,10H2,1-4H3,(H,19,22). The molecule has 22 heavy (non-hydrogen) atoms. The highest BCUT2D eigenvalue weighted by atomic mass is 19.1. The summed E-state index contributed by atoms with van der Waals surface area (Å²) in [5.74, 6) is -0.00142. The van der Waals surface area contributed by atoms with Crippen molar-refractivity contribution in [2.45, 2.75) is 34.1 Å². The molecule has 0 fully saturated rings. The summed E-state index contributed by atoms with van der Waals surface area (Å²) in [5.41, 5.74) is 2.89. The fourth-order valence-electron chi connectivity index (χ4n) is 2.38. The molecule has 118 valence electrons. The largest absolute Gasteiger partial charge is 0.352 e. The van der Waals surface area contributed by atoms with Crippen molar-refractivity contribution in [3.05, 3.63) is 47.0 Å². The molecule has 5 heteroatoms. The number of carbonyl (C=O) groups is 1. The first-order valence-electron chi connectivity index (χ1n) is 7.56. The highest BCUT2D eigenvalue weighted by Gasteiger charge is 2.21. The van der Waals surface area contributed by atoms with Crippen molar-refractivity contribution < 1.29 is 9.18 Å². The number of hydrogen-bond acceptors (Lipinski definition) is 2. The minimum atomic E-state index is -0.291. The summed E-state index contributed by atoms with van der Waals surface area (Å²) in [4.78, 5) is 12.4. The Morgan fingerprint density at radius 2 is 1.95 bits per heavy atom. The molecule has 0 aliphatic rings. The first-order chi connectivity index (χ1) is 10.4. The van der Waals surface area contributed by atoms with Crippen LogP contribution in [0.5, 0.6) is 0 Å². The van der Waals surface area contributed by atoms with Gasteiger partial charge in [0.15, 0.2) is 0 Å². The second-order valence-corrected chi connectivity index (χ2v) is 5.75. The van der Waals surface area contributed by atoms with Crippen molar-refractivity contribution in [2.24, 2.45) is 5.92 Å². The molecule has 0 spiro atoms. The molecular formula is C17H22FN3O. The Labute approximate surface area is 130 Å². The van der Waals surface area contributed by atoms with E-state index in [1.54, 1.807) is 16.8 Å². The lowest BCUT2D eigenvalue weighted by Gasteiger charge is -2.10. The van der Waals surface area contributed by atoms with Crippen LogP contribution in [0.2, 0.25) is 0 Å². The number of amides is 1. The number of aromatic nitrogens is 2. The highest BCUT2D eigenvalue weighted by Crippen LogP contribution is 2.19. The number of halogens is 1. The Morgan fingerprint density at radius 3 is 2.50 bits per heavy atom. The number of aryl methyl sites for hydroxylation is 1. The van der Waals surface area contributed by atoms with Crippen molar-refractivity contribution >= 4 is 5.91 Å². The van der Waals surface area contributed by atoms with Crippen molar-refractivity contribution in [1.29, 1.82) is 0 Å². The number of nitrogens with zero attached hydrogens (tertiary/aromatic N) is 2. The summed E-state index contributed by atoms with van der Waals surface area (Å²) in [6.45, 7) is 8.54. The highest BCUT2D eigenvalue weighted by molar-refractivity contribution is 5.96. The van der Waals surface area contributed by atoms with Gasteiger partial charge in [-0.2, -0.15) is 5.10 Å². The molecule has 0 saturated heterocycles. The molecular weight excluding hydrogens is 281 g/mol. The molecule has 0 unspecified atom stereocenters. The van der Waals surface area contributed by atoms with Gasteiger partial charge in [0.05, 0.1) is 22.6 Å². The van der Waals surface area contributed by atoms with Crippen LogP contribution >= 0.6 is 0 Å². The van der Waals surface area contributed by atoms with Crippen LogP contribution in [0.25, 0.3) is 5.69 Å². The van der Waals surface area contributed by atoms with Gasteiger partial charge >= 0.3 is 0 Å². The van der Waals surface area contributed by atoms with Crippen molar-refractivity contribution in [3.8, 4) is 5.69 Å². The van der Waals surface area contributed by atoms with Gasteiger partial charge < -0.3 is 5.32 Å². The van der Waals surface area contributed by atoms with E-state index >= 15 is 0 Å². The quantitative estimate of drug-likeness (QED) is 0.921. The van der Waals surface area contributed by atoms with Gasteiger partial charge in [-0.1, -0.05) is 20.8 Å². The van der Waals surface area contributed by atoms with Crippen molar-refractivity contribution in [3.63, 3.8) is 0 Å². The molecule has 1 aromatic heterocycles. The number of benzene rings is 1. The minimum absolute atomic E-state index is 0.101. The number of rotatable bonds is 5. The van der Waals surface area contributed by atoms with E-state index in [0.29, 0.717) is 30.1 Å². The average molecular weight is 303 g/mol. The number of hydrogen-bond donors (Lipinski definition) is 1. The maximum absolute atomic E-state index is 13.1. The van der Waals surface area contributed by atoms with Crippen LogP contribution < -0.4 is 5.32 Å². The lowest BCUT2D eigenvalue weighted by molar-refractivity contribution is 0.0947. The van der Waals surface area contributed by atoms with Crippen LogP contribution in [0.1, 0.15) is 42.5 Å². The fraction of sp³-hybridized carbons (Fsp3) is 0.412. The molecule has 1 heterocycles. The van der Waals surface area contributed by atoms with E-state index in [1.165, 1.54) is 12.1 Å². The van der Waals surface area contributed by atoms with Crippen LogP contribution in [-0.2, 0) is 6.42 Å². The Hall–Kier alpha value is -2.17. The summed E-state index contributed by atoms with van der Waals surface area (Å²) >= 11 is 0. The van der Waals surface area contributed by atoms with E-state index < -0.39 is 0 Å². The number of carbonyl (C=O) groups excluding carboxylic acids is 1. The summed E-state index contributed by atoms with van der Waals surface area (Å²) in [5, 5.41) is 7.40. The third-order valence-corrected chi connectivity index (χ3v) is 3.46. The normalized spacial score (nSPS) is 11.0. The zero-order valence-electron chi connectivity index (χ0n) is 13.5. The number of nitrogens with one attached hydrogen (secondary N) is 1. The molecule has 0 bridgehead atoms. The maximum Gasteiger partial charge on any atom is 0.255 e. The monoisotopic (exact) mass is 303 g/mol. The molecule has 0 atom stereocenters. The van der Waals surface area contributed by atoms with Crippen LogP contribution in [0.15, 0.2) is 24.3 Å². The second kappa shape index (κ2) is 6.73. The van der Waals surface area contributed by atoms with Crippen LogP contribution in [-0.4, -0.2) is 22.2 Å². The van der Waals surface area contributed by atoms with Gasteiger partial charge in [0, 0.05) is 6.54 Å². The van der Waals surface area contributed by atoms with E-state index in [-0.39, 0.29) is 11.7 Å². The summed E-state index contributed by atoms with van der Waals surface area (Å²) in [6.07, 6.45) is 0.669. The molecule has 1 N–H and O–H groups in total. The summed E-state index contributed by atoms with van der Waals surface area (Å²) in [6, 6.07) is 6.11. The fourth-order valence-corrected chi connectivity index (χ4v) is 2.38. The molecule has 0 saturated carbocycles. The summed E-state index contributed by atoms with van der Waals surface area (Å²) < 4.78 is 14.8. The average Bonchev–Trinajstić information content (AvgIpc) is 2.82. The van der Waals surface area contributed by atoms with Gasteiger partial charge in [-0.3, -0.25) is 4.79 Å². The van der Waals surface area contributed by atoms with Gasteiger partial charge in [-0.15, -0.1) is 0 Å². The molecule has 0 radical (unpaired) electrons. The molecule has 2 aromatic rings. The first kappa shape index (κ1) is 16.2. The Balaban J connectivity index is 2.40. The molecule has 2 rings (SSSR count).